The van der Waals surface area contributed by atoms with Gasteiger partial charge in [-0.15, -0.1) is 0 Å². The molecule has 17 heavy (non-hydrogen) atoms. The molecule has 3 N–H and O–H groups in total. The summed E-state index contributed by atoms with van der Waals surface area (Å²) in [6, 6.07) is 2.26. The first-order valence-electron chi connectivity index (χ1n) is 5.95. The van der Waals surface area contributed by atoms with Crippen molar-refractivity contribution in [1.29, 1.82) is 0 Å². The molecule has 0 amide bonds. The summed E-state index contributed by atoms with van der Waals surface area (Å²) in [6.45, 7) is 0.958. The van der Waals surface area contributed by atoms with Gasteiger partial charge in [0.15, 0.2) is 0 Å². The van der Waals surface area contributed by atoms with Gasteiger partial charge in [-0.25, -0.2) is 4.98 Å². The first-order valence-corrected chi connectivity index (χ1v) is 7.12. The summed E-state index contributed by atoms with van der Waals surface area (Å²) in [5.41, 5.74) is 5.89. The highest BCUT2D eigenvalue weighted by Crippen LogP contribution is 2.26. The Kier molecular flexibility index (Phi) is 4.65. The monoisotopic (exact) mass is 317 g/mol. The summed E-state index contributed by atoms with van der Waals surface area (Å²) in [6.07, 6.45) is 6.35. The summed E-state index contributed by atoms with van der Waals surface area (Å²) in [7, 11) is 0. The summed E-state index contributed by atoms with van der Waals surface area (Å²) in [4.78, 5) is 4.26. The normalized spacial score (nSPS) is 24.6. The topological polar surface area (TPSA) is 50.9 Å². The van der Waals surface area contributed by atoms with Crippen molar-refractivity contribution in [3.05, 3.63) is 21.8 Å². The van der Waals surface area contributed by atoms with Crippen molar-refractivity contribution in [2.75, 3.05) is 11.9 Å². The van der Waals surface area contributed by atoms with Crippen molar-refractivity contribution in [2.45, 2.75) is 31.7 Å². The van der Waals surface area contributed by atoms with E-state index < -0.39 is 0 Å². The average molecular weight is 319 g/mol. The Bertz CT molecular complexity index is 378. The Morgan fingerprint density at radius 1 is 1.41 bits per heavy atom. The zero-order valence-corrected chi connectivity index (χ0v) is 12.0. The van der Waals surface area contributed by atoms with Crippen molar-refractivity contribution in [3.8, 4) is 0 Å². The van der Waals surface area contributed by atoms with Gasteiger partial charge in [-0.3, -0.25) is 0 Å². The molecule has 1 aliphatic carbocycles. The molecule has 1 aromatic rings. The predicted molar refractivity (Wildman–Crippen MR) is 75.4 cm³/mol. The van der Waals surface area contributed by atoms with E-state index >= 15 is 0 Å². The fourth-order valence-electron chi connectivity index (χ4n) is 2.18. The molecular formula is C12H17BrClN3. The lowest BCUT2D eigenvalue weighted by molar-refractivity contribution is 0.338. The molecule has 0 spiro atoms. The van der Waals surface area contributed by atoms with Crippen LogP contribution in [0.3, 0.4) is 0 Å². The molecule has 2 rings (SSSR count). The smallest absolute Gasteiger partial charge is 0.140 e. The van der Waals surface area contributed by atoms with Crippen molar-refractivity contribution < 1.29 is 0 Å². The van der Waals surface area contributed by atoms with Crippen LogP contribution in [0.15, 0.2) is 16.7 Å². The van der Waals surface area contributed by atoms with E-state index in [0.29, 0.717) is 17.0 Å². The lowest BCUT2D eigenvalue weighted by atomic mass is 9.86. The van der Waals surface area contributed by atoms with Gasteiger partial charge in [-0.1, -0.05) is 11.6 Å². The Balaban J connectivity index is 1.85. The molecule has 1 heterocycles. The second kappa shape index (κ2) is 6.03. The summed E-state index contributed by atoms with van der Waals surface area (Å²) < 4.78 is 0.914. The van der Waals surface area contributed by atoms with Gasteiger partial charge in [0.05, 0.1) is 9.50 Å². The van der Waals surface area contributed by atoms with Gasteiger partial charge in [0.2, 0.25) is 0 Å². The fourth-order valence-corrected chi connectivity index (χ4v) is 2.96. The maximum Gasteiger partial charge on any atom is 0.140 e. The zero-order chi connectivity index (χ0) is 12.3. The molecule has 94 valence electrons. The van der Waals surface area contributed by atoms with E-state index in [-0.39, 0.29) is 0 Å². The van der Waals surface area contributed by atoms with Gasteiger partial charge in [0, 0.05) is 18.8 Å². The van der Waals surface area contributed by atoms with Crippen LogP contribution >= 0.6 is 27.5 Å². The van der Waals surface area contributed by atoms with Crippen molar-refractivity contribution in [1.82, 2.24) is 4.98 Å². The predicted octanol–water partition coefficient (Wildman–Crippen LogP) is 3.43. The van der Waals surface area contributed by atoms with Crippen molar-refractivity contribution in [2.24, 2.45) is 11.7 Å². The minimum Gasteiger partial charge on any atom is -0.369 e. The van der Waals surface area contributed by atoms with E-state index in [0.717, 1.165) is 29.7 Å². The van der Waals surface area contributed by atoms with Gasteiger partial charge in [0.25, 0.3) is 0 Å². The molecule has 1 aromatic heterocycles. The van der Waals surface area contributed by atoms with E-state index in [1.165, 1.54) is 12.8 Å². The van der Waals surface area contributed by atoms with Crippen LogP contribution in [-0.4, -0.2) is 17.6 Å². The second-order valence-corrected chi connectivity index (χ2v) is 5.94. The third kappa shape index (κ3) is 3.83. The number of hydrogen-bond acceptors (Lipinski definition) is 3. The number of rotatable bonds is 3. The van der Waals surface area contributed by atoms with Crippen LogP contribution in [0.1, 0.15) is 25.7 Å². The van der Waals surface area contributed by atoms with E-state index in [4.69, 9.17) is 17.3 Å². The van der Waals surface area contributed by atoms with Gasteiger partial charge >= 0.3 is 0 Å². The van der Waals surface area contributed by atoms with Gasteiger partial charge < -0.3 is 11.1 Å². The van der Waals surface area contributed by atoms with Crippen LogP contribution in [0.5, 0.6) is 0 Å². The fraction of sp³-hybridized carbons (Fsp3) is 0.583. The van der Waals surface area contributed by atoms with Gasteiger partial charge in [-0.05, 0) is 53.6 Å². The van der Waals surface area contributed by atoms with Gasteiger partial charge in [0.1, 0.15) is 5.82 Å². The first kappa shape index (κ1) is 13.1. The Morgan fingerprint density at radius 2 is 2.12 bits per heavy atom. The quantitative estimate of drug-likeness (QED) is 0.898. The van der Waals surface area contributed by atoms with Crippen LogP contribution in [-0.2, 0) is 0 Å². The summed E-state index contributed by atoms with van der Waals surface area (Å²) in [5.74, 6) is 1.57. The number of pyridine rings is 1. The lowest BCUT2D eigenvalue weighted by Crippen LogP contribution is -2.29. The molecule has 3 nitrogen and oxygen atoms in total. The minimum atomic E-state index is 0.409. The molecule has 0 atom stereocenters. The highest BCUT2D eigenvalue weighted by atomic mass is 79.9. The molecule has 0 radical (unpaired) electrons. The maximum atomic E-state index is 5.89. The molecular weight excluding hydrogens is 302 g/mol. The number of aromatic nitrogens is 1. The van der Waals surface area contributed by atoms with Crippen molar-refractivity contribution in [3.63, 3.8) is 0 Å². The van der Waals surface area contributed by atoms with E-state index in [1.54, 1.807) is 6.20 Å². The minimum absolute atomic E-state index is 0.409. The molecule has 5 heteroatoms. The first-order chi connectivity index (χ1) is 8.15. The molecule has 0 aromatic carbocycles. The lowest BCUT2D eigenvalue weighted by Gasteiger charge is -2.26. The van der Waals surface area contributed by atoms with Crippen LogP contribution in [0.25, 0.3) is 0 Å². The largest absolute Gasteiger partial charge is 0.369 e. The summed E-state index contributed by atoms with van der Waals surface area (Å²) >= 11 is 9.30. The molecule has 0 unspecified atom stereocenters. The number of nitrogens with two attached hydrogens (primary N) is 1. The number of nitrogens with zero attached hydrogens (tertiary/aromatic N) is 1. The third-order valence-electron chi connectivity index (χ3n) is 3.26. The van der Waals surface area contributed by atoms with Crippen LogP contribution in [0, 0.1) is 5.92 Å². The number of nitrogens with one attached hydrogen (secondary N) is 1. The molecule has 0 aliphatic heterocycles. The zero-order valence-electron chi connectivity index (χ0n) is 9.63. The molecule has 1 aliphatic rings. The van der Waals surface area contributed by atoms with Gasteiger partial charge in [-0.2, -0.15) is 0 Å². The molecule has 0 bridgehead atoms. The Hall–Kier alpha value is -0.320. The highest BCUT2D eigenvalue weighted by Gasteiger charge is 2.18. The standard InChI is InChI=1S/C12H17BrClN3/c13-11-5-9(14)7-17-12(11)16-6-8-1-3-10(15)4-2-8/h5,7-8,10H,1-4,6,15H2,(H,16,17). The van der Waals surface area contributed by atoms with E-state index in [1.807, 2.05) is 6.07 Å². The van der Waals surface area contributed by atoms with Crippen LogP contribution in [0.2, 0.25) is 5.02 Å². The number of hydrogen-bond donors (Lipinski definition) is 2. The number of anilines is 1. The van der Waals surface area contributed by atoms with E-state index in [2.05, 4.69) is 26.2 Å². The highest BCUT2D eigenvalue weighted by molar-refractivity contribution is 9.10. The van der Waals surface area contributed by atoms with E-state index in [9.17, 15) is 0 Å². The molecule has 1 fully saturated rings. The van der Waals surface area contributed by atoms with Crippen molar-refractivity contribution >= 4 is 33.3 Å². The Morgan fingerprint density at radius 3 is 2.76 bits per heavy atom. The summed E-state index contributed by atoms with van der Waals surface area (Å²) in [5, 5.41) is 4.01. The average Bonchev–Trinajstić information content (AvgIpc) is 2.30. The SMILES string of the molecule is NC1CCC(CNc2ncc(Cl)cc2Br)CC1. The second-order valence-electron chi connectivity index (χ2n) is 4.65. The molecule has 1 saturated carbocycles. The molecule has 0 saturated heterocycles. The third-order valence-corrected chi connectivity index (χ3v) is 4.07. The van der Waals surface area contributed by atoms with Crippen LogP contribution < -0.4 is 11.1 Å². The van der Waals surface area contributed by atoms with Crippen LogP contribution in [0.4, 0.5) is 5.82 Å². The Labute approximate surface area is 115 Å². The maximum absolute atomic E-state index is 5.89. The number of halogens is 2.